The van der Waals surface area contributed by atoms with E-state index < -0.39 is 0 Å². The average molecular weight is 484 g/mol. The summed E-state index contributed by atoms with van der Waals surface area (Å²) in [6.45, 7) is 0. The molecular weight excluding hydrogens is 458 g/mol. The van der Waals surface area contributed by atoms with Crippen molar-refractivity contribution in [3.63, 3.8) is 0 Å². The van der Waals surface area contributed by atoms with Crippen LogP contribution in [-0.2, 0) is 5.54 Å². The van der Waals surface area contributed by atoms with Crippen LogP contribution in [0.5, 0.6) is 5.75 Å². The molecule has 3 N–H and O–H groups in total. The number of phenols is 1. The smallest absolute Gasteiger partial charge is 0.170 e. The molecule has 0 unspecified atom stereocenters. The summed E-state index contributed by atoms with van der Waals surface area (Å²) in [6, 6.07) is 30.1. The van der Waals surface area contributed by atoms with E-state index in [1.165, 1.54) is 12.0 Å². The molecule has 1 saturated carbocycles. The third-order valence-corrected chi connectivity index (χ3v) is 7.56. The lowest BCUT2D eigenvalue weighted by molar-refractivity contribution is 0.253. The number of nitrogens with two attached hydrogens (primary N) is 1. The van der Waals surface area contributed by atoms with Crippen LogP contribution >= 0.6 is 0 Å². The molecule has 1 aliphatic carbocycles. The van der Waals surface area contributed by atoms with Crippen molar-refractivity contribution >= 4 is 16.6 Å². The second-order valence-corrected chi connectivity index (χ2v) is 9.85. The van der Waals surface area contributed by atoms with Crippen LogP contribution in [0.1, 0.15) is 24.8 Å². The number of pyridine rings is 2. The fourth-order valence-corrected chi connectivity index (χ4v) is 5.27. The Hall–Kier alpha value is -4.55. The number of hydrogen-bond donors (Lipinski definition) is 2. The summed E-state index contributed by atoms with van der Waals surface area (Å²) in [7, 11) is 0. The second-order valence-electron chi connectivity index (χ2n) is 9.85. The van der Waals surface area contributed by atoms with Gasteiger partial charge in [-0.05, 0) is 66.8 Å². The lowest BCUT2D eigenvalue weighted by Gasteiger charge is -2.38. The zero-order valence-electron chi connectivity index (χ0n) is 20.2. The van der Waals surface area contributed by atoms with Crippen LogP contribution in [-0.4, -0.2) is 24.7 Å². The van der Waals surface area contributed by atoms with Crippen LogP contribution in [0.25, 0.3) is 50.3 Å². The molecule has 0 saturated heterocycles. The number of phenolic OH excluding ortho intramolecular Hbond substituents is 1. The van der Waals surface area contributed by atoms with Crippen molar-refractivity contribution in [3.8, 4) is 39.5 Å². The van der Waals surface area contributed by atoms with E-state index >= 15 is 0 Å². The van der Waals surface area contributed by atoms with Gasteiger partial charge in [-0.2, -0.15) is 0 Å². The quantitative estimate of drug-likeness (QED) is 0.306. The normalized spacial score (nSPS) is 14.6. The summed E-state index contributed by atoms with van der Waals surface area (Å²) >= 11 is 0. The van der Waals surface area contributed by atoms with Crippen molar-refractivity contribution in [2.75, 3.05) is 0 Å². The van der Waals surface area contributed by atoms with E-state index in [2.05, 4.69) is 52.7 Å². The van der Waals surface area contributed by atoms with Crippen LogP contribution in [0.2, 0.25) is 0 Å². The summed E-state index contributed by atoms with van der Waals surface area (Å²) in [5, 5.41) is 19.6. The highest BCUT2D eigenvalue weighted by molar-refractivity contribution is 5.98. The maximum atomic E-state index is 9.68. The molecule has 0 amide bonds. The first-order chi connectivity index (χ1) is 18.1. The van der Waals surface area contributed by atoms with Crippen LogP contribution in [0.3, 0.4) is 0 Å². The SMILES string of the molecule is NC1(c2ccc(-c3nc4ccn5c(-c6ccc(O)cc6)nnc5c4cc3-c3ccccc3)cc2)CCC1. The van der Waals surface area contributed by atoms with Gasteiger partial charge in [-0.25, -0.2) is 4.98 Å². The predicted octanol–water partition coefficient (Wildman–Crippen LogP) is 6.32. The highest BCUT2D eigenvalue weighted by Gasteiger charge is 2.34. The minimum absolute atomic E-state index is 0.188. The maximum Gasteiger partial charge on any atom is 0.170 e. The Morgan fingerprint density at radius 3 is 2.22 bits per heavy atom. The summed E-state index contributed by atoms with van der Waals surface area (Å²) in [4.78, 5) is 5.15. The standard InChI is InChI=1S/C31H25N5O/c32-31(16-4-17-31)23-11-7-21(8-12-23)28-25(20-5-2-1-3-6-20)19-26-27(33-28)15-18-36-29(34-35-30(26)36)22-9-13-24(37)14-10-22/h1-3,5-15,18-19,37H,4,16-17,32H2. The first-order valence-electron chi connectivity index (χ1n) is 12.5. The number of nitrogens with zero attached hydrogens (tertiary/aromatic N) is 4. The van der Waals surface area contributed by atoms with E-state index in [9.17, 15) is 5.11 Å². The van der Waals surface area contributed by atoms with E-state index in [4.69, 9.17) is 10.7 Å². The van der Waals surface area contributed by atoms with Crippen LogP contribution in [0.15, 0.2) is 97.2 Å². The van der Waals surface area contributed by atoms with E-state index in [0.29, 0.717) is 5.82 Å². The molecule has 3 aromatic carbocycles. The molecule has 3 heterocycles. The molecule has 3 aromatic heterocycles. The molecule has 0 atom stereocenters. The fourth-order valence-electron chi connectivity index (χ4n) is 5.27. The zero-order valence-corrected chi connectivity index (χ0v) is 20.2. The summed E-state index contributed by atoms with van der Waals surface area (Å²) in [6.07, 6.45) is 5.22. The molecule has 1 fully saturated rings. The Balaban J connectivity index is 1.41. The topological polar surface area (TPSA) is 89.3 Å². The maximum absolute atomic E-state index is 9.68. The first kappa shape index (κ1) is 21.7. The highest BCUT2D eigenvalue weighted by Crippen LogP contribution is 2.40. The number of aromatic nitrogens is 4. The zero-order chi connectivity index (χ0) is 25.0. The van der Waals surface area contributed by atoms with Gasteiger partial charge in [0.15, 0.2) is 11.5 Å². The Morgan fingerprint density at radius 1 is 0.784 bits per heavy atom. The Kier molecular flexibility index (Phi) is 4.84. The van der Waals surface area contributed by atoms with Crippen LogP contribution < -0.4 is 5.73 Å². The minimum atomic E-state index is -0.188. The number of hydrogen-bond acceptors (Lipinski definition) is 5. The van der Waals surface area contributed by atoms with Crippen LogP contribution in [0.4, 0.5) is 0 Å². The molecule has 0 radical (unpaired) electrons. The summed E-state index contributed by atoms with van der Waals surface area (Å²) in [5.41, 5.74) is 14.1. The van der Waals surface area contributed by atoms with Gasteiger partial charge in [-0.15, -0.1) is 10.2 Å². The molecule has 0 aliphatic heterocycles. The van der Waals surface area contributed by atoms with Crippen molar-refractivity contribution in [2.45, 2.75) is 24.8 Å². The van der Waals surface area contributed by atoms with Gasteiger partial charge >= 0.3 is 0 Å². The van der Waals surface area contributed by atoms with Gasteiger partial charge in [-0.3, -0.25) is 4.40 Å². The van der Waals surface area contributed by atoms with Gasteiger partial charge in [0.05, 0.1) is 11.2 Å². The number of aromatic hydroxyl groups is 1. The average Bonchev–Trinajstić information content (AvgIpc) is 3.37. The minimum Gasteiger partial charge on any atom is -0.508 e. The van der Waals surface area contributed by atoms with E-state index in [-0.39, 0.29) is 11.3 Å². The number of benzene rings is 3. The Morgan fingerprint density at radius 2 is 1.51 bits per heavy atom. The van der Waals surface area contributed by atoms with Crippen molar-refractivity contribution in [1.82, 2.24) is 19.6 Å². The number of fused-ring (bicyclic) bond motifs is 3. The molecule has 6 aromatic rings. The van der Waals surface area contributed by atoms with Crippen molar-refractivity contribution < 1.29 is 5.11 Å². The third kappa shape index (κ3) is 3.57. The van der Waals surface area contributed by atoms with Gasteiger partial charge in [0.1, 0.15) is 5.75 Å². The van der Waals surface area contributed by atoms with Crippen molar-refractivity contribution in [2.24, 2.45) is 5.73 Å². The molecular formula is C31H25N5O. The summed E-state index contributed by atoms with van der Waals surface area (Å²) < 4.78 is 1.97. The van der Waals surface area contributed by atoms with E-state index in [1.54, 1.807) is 12.1 Å². The number of rotatable bonds is 4. The molecule has 7 rings (SSSR count). The van der Waals surface area contributed by atoms with E-state index in [1.807, 2.05) is 47.0 Å². The molecule has 0 bridgehead atoms. The first-order valence-corrected chi connectivity index (χ1v) is 12.5. The second kappa shape index (κ2) is 8.25. The molecule has 180 valence electrons. The molecule has 37 heavy (non-hydrogen) atoms. The highest BCUT2D eigenvalue weighted by atomic mass is 16.3. The Bertz CT molecular complexity index is 1750. The van der Waals surface area contributed by atoms with Gasteiger partial charge in [-0.1, -0.05) is 54.6 Å². The van der Waals surface area contributed by atoms with Gasteiger partial charge < -0.3 is 10.8 Å². The van der Waals surface area contributed by atoms with Gasteiger partial charge in [0.2, 0.25) is 0 Å². The largest absolute Gasteiger partial charge is 0.508 e. The lowest BCUT2D eigenvalue weighted by Crippen LogP contribution is -2.43. The van der Waals surface area contributed by atoms with Gasteiger partial charge in [0.25, 0.3) is 0 Å². The fraction of sp³-hybridized carbons (Fsp3) is 0.129. The van der Waals surface area contributed by atoms with Crippen LogP contribution in [0, 0.1) is 0 Å². The predicted molar refractivity (Wildman–Crippen MR) is 146 cm³/mol. The molecule has 6 heteroatoms. The van der Waals surface area contributed by atoms with E-state index in [0.717, 1.165) is 57.3 Å². The molecule has 1 aliphatic rings. The Labute approximate surface area is 214 Å². The molecule has 0 spiro atoms. The molecule has 6 nitrogen and oxygen atoms in total. The van der Waals surface area contributed by atoms with Crippen molar-refractivity contribution in [3.05, 3.63) is 103 Å². The third-order valence-electron chi connectivity index (χ3n) is 7.56. The van der Waals surface area contributed by atoms with Crippen molar-refractivity contribution in [1.29, 1.82) is 0 Å². The monoisotopic (exact) mass is 483 g/mol. The van der Waals surface area contributed by atoms with Gasteiger partial charge in [0, 0.05) is 33.8 Å². The lowest BCUT2D eigenvalue weighted by atomic mass is 9.72. The summed E-state index contributed by atoms with van der Waals surface area (Å²) in [5.74, 6) is 0.930.